The lowest BCUT2D eigenvalue weighted by Crippen LogP contribution is -2.31. The molecule has 0 spiro atoms. The van der Waals surface area contributed by atoms with Crippen molar-refractivity contribution in [2.75, 3.05) is 13.1 Å². The largest absolute Gasteiger partial charge is 0.339 e. The van der Waals surface area contributed by atoms with Gasteiger partial charge in [0.1, 0.15) is 5.69 Å². The van der Waals surface area contributed by atoms with Gasteiger partial charge < -0.3 is 4.90 Å². The molecule has 4 nitrogen and oxygen atoms in total. The first kappa shape index (κ1) is 13.4. The van der Waals surface area contributed by atoms with Crippen LogP contribution in [0.3, 0.4) is 0 Å². The van der Waals surface area contributed by atoms with Crippen LogP contribution in [0.2, 0.25) is 0 Å². The van der Waals surface area contributed by atoms with E-state index in [2.05, 4.69) is 12.1 Å². The summed E-state index contributed by atoms with van der Waals surface area (Å²) < 4.78 is 0. The number of amides is 1. The van der Waals surface area contributed by atoms with Gasteiger partial charge in [-0.15, -0.1) is 4.91 Å². The average Bonchev–Trinajstić information content (AvgIpc) is 2.39. The van der Waals surface area contributed by atoms with Gasteiger partial charge >= 0.3 is 0 Å². The number of carbonyl (C=O) groups is 1. The zero-order valence-electron chi connectivity index (χ0n) is 10.3. The lowest BCUT2D eigenvalue weighted by atomic mass is 10.1. The predicted molar refractivity (Wildman–Crippen MR) is 68.4 cm³/mol. The summed E-state index contributed by atoms with van der Waals surface area (Å²) in [5, 5.41) is 2.89. The first-order chi connectivity index (χ1) is 8.24. The third-order valence-corrected chi connectivity index (χ3v) is 2.68. The standard InChI is InChI=1S/C13H18N2O2/c1-3-5-10-15(4-2)13(16)11-8-6-7-9-12(11)14-17/h6-9H,3-5,10H2,1-2H3. The van der Waals surface area contributed by atoms with Crippen LogP contribution >= 0.6 is 0 Å². The number of rotatable bonds is 6. The Labute approximate surface area is 102 Å². The van der Waals surface area contributed by atoms with Crippen LogP contribution in [0.25, 0.3) is 0 Å². The first-order valence-corrected chi connectivity index (χ1v) is 5.96. The van der Waals surface area contributed by atoms with Crippen LogP contribution in [-0.2, 0) is 0 Å². The molecule has 0 saturated heterocycles. The molecule has 0 atom stereocenters. The fourth-order valence-corrected chi connectivity index (χ4v) is 1.66. The molecular weight excluding hydrogens is 216 g/mol. The number of hydrogen-bond donors (Lipinski definition) is 0. The van der Waals surface area contributed by atoms with Crippen LogP contribution in [0.1, 0.15) is 37.0 Å². The van der Waals surface area contributed by atoms with Gasteiger partial charge in [-0.25, -0.2) is 0 Å². The molecule has 0 saturated carbocycles. The van der Waals surface area contributed by atoms with Crippen molar-refractivity contribution in [3.8, 4) is 0 Å². The Morgan fingerprint density at radius 1 is 1.29 bits per heavy atom. The Bertz CT molecular complexity index is 391. The molecule has 1 aromatic carbocycles. The van der Waals surface area contributed by atoms with Gasteiger partial charge in [0.25, 0.3) is 5.91 Å². The zero-order valence-corrected chi connectivity index (χ0v) is 10.3. The fourth-order valence-electron chi connectivity index (χ4n) is 1.66. The highest BCUT2D eigenvalue weighted by Crippen LogP contribution is 2.20. The summed E-state index contributed by atoms with van der Waals surface area (Å²) in [6.45, 7) is 5.38. The third kappa shape index (κ3) is 3.37. The van der Waals surface area contributed by atoms with Crippen molar-refractivity contribution in [2.24, 2.45) is 5.18 Å². The summed E-state index contributed by atoms with van der Waals surface area (Å²) in [5.41, 5.74) is 0.605. The smallest absolute Gasteiger partial charge is 0.256 e. The van der Waals surface area contributed by atoms with Gasteiger partial charge in [-0.2, -0.15) is 0 Å². The topological polar surface area (TPSA) is 49.7 Å². The summed E-state index contributed by atoms with van der Waals surface area (Å²) in [4.78, 5) is 24.6. The Morgan fingerprint density at radius 3 is 2.59 bits per heavy atom. The van der Waals surface area contributed by atoms with Crippen molar-refractivity contribution in [1.29, 1.82) is 0 Å². The van der Waals surface area contributed by atoms with Crippen molar-refractivity contribution in [2.45, 2.75) is 26.7 Å². The Kier molecular flexibility index (Phi) is 5.33. The molecule has 1 aromatic rings. The van der Waals surface area contributed by atoms with Crippen molar-refractivity contribution < 1.29 is 4.79 Å². The minimum Gasteiger partial charge on any atom is -0.339 e. The van der Waals surface area contributed by atoms with E-state index in [1.165, 1.54) is 0 Å². The van der Waals surface area contributed by atoms with Gasteiger partial charge in [0.05, 0.1) is 5.56 Å². The number of carbonyl (C=O) groups excluding carboxylic acids is 1. The second-order valence-corrected chi connectivity index (χ2v) is 3.85. The summed E-state index contributed by atoms with van der Waals surface area (Å²) in [7, 11) is 0. The van der Waals surface area contributed by atoms with Crippen LogP contribution in [-0.4, -0.2) is 23.9 Å². The van der Waals surface area contributed by atoms with Crippen molar-refractivity contribution in [3.63, 3.8) is 0 Å². The normalized spacial score (nSPS) is 10.0. The molecule has 0 aliphatic heterocycles. The zero-order chi connectivity index (χ0) is 12.7. The molecule has 0 N–H and O–H groups in total. The molecule has 0 unspecified atom stereocenters. The molecular formula is C13H18N2O2. The highest BCUT2D eigenvalue weighted by Gasteiger charge is 2.17. The van der Waals surface area contributed by atoms with E-state index in [4.69, 9.17) is 0 Å². The van der Waals surface area contributed by atoms with Gasteiger partial charge in [0.15, 0.2) is 0 Å². The fraction of sp³-hybridized carbons (Fsp3) is 0.462. The van der Waals surface area contributed by atoms with Gasteiger partial charge in [-0.1, -0.05) is 25.5 Å². The van der Waals surface area contributed by atoms with Crippen molar-refractivity contribution in [1.82, 2.24) is 4.90 Å². The van der Waals surface area contributed by atoms with E-state index in [0.29, 0.717) is 12.1 Å². The van der Waals surface area contributed by atoms with Crippen LogP contribution in [0, 0.1) is 4.91 Å². The highest BCUT2D eigenvalue weighted by molar-refractivity contribution is 5.98. The van der Waals surface area contributed by atoms with Crippen LogP contribution in [0.4, 0.5) is 5.69 Å². The monoisotopic (exact) mass is 234 g/mol. The maximum atomic E-state index is 12.2. The number of unbranched alkanes of at least 4 members (excludes halogenated alkanes) is 1. The first-order valence-electron chi connectivity index (χ1n) is 5.96. The second-order valence-electron chi connectivity index (χ2n) is 3.85. The molecule has 0 aliphatic carbocycles. The van der Waals surface area contributed by atoms with Crippen LogP contribution in [0.15, 0.2) is 29.4 Å². The quantitative estimate of drug-likeness (QED) is 0.709. The predicted octanol–water partition coefficient (Wildman–Crippen LogP) is 3.35. The summed E-state index contributed by atoms with van der Waals surface area (Å²) >= 11 is 0. The van der Waals surface area contributed by atoms with Crippen LogP contribution < -0.4 is 0 Å². The number of nitrogens with zero attached hydrogens (tertiary/aromatic N) is 2. The maximum Gasteiger partial charge on any atom is 0.256 e. The van der Waals surface area contributed by atoms with Crippen LogP contribution in [0.5, 0.6) is 0 Å². The average molecular weight is 234 g/mol. The number of benzene rings is 1. The van der Waals surface area contributed by atoms with Gasteiger partial charge in [-0.05, 0) is 30.7 Å². The number of hydrogen-bond acceptors (Lipinski definition) is 3. The van der Waals surface area contributed by atoms with Gasteiger partial charge in [0, 0.05) is 13.1 Å². The Hall–Kier alpha value is -1.71. The SMILES string of the molecule is CCCCN(CC)C(=O)c1ccccc1N=O. The van der Waals surface area contributed by atoms with E-state index >= 15 is 0 Å². The molecule has 0 aromatic heterocycles. The molecule has 0 fully saturated rings. The second kappa shape index (κ2) is 6.78. The molecule has 0 aliphatic rings. The van der Waals surface area contributed by atoms with E-state index < -0.39 is 0 Å². The summed E-state index contributed by atoms with van der Waals surface area (Å²) in [6.07, 6.45) is 2.01. The molecule has 1 rings (SSSR count). The van der Waals surface area contributed by atoms with E-state index in [1.807, 2.05) is 6.92 Å². The summed E-state index contributed by atoms with van der Waals surface area (Å²) in [5.74, 6) is -0.115. The minimum atomic E-state index is -0.115. The molecule has 92 valence electrons. The third-order valence-electron chi connectivity index (χ3n) is 2.68. The minimum absolute atomic E-state index is 0.115. The van der Waals surface area contributed by atoms with E-state index in [0.717, 1.165) is 19.4 Å². The van der Waals surface area contributed by atoms with E-state index in [-0.39, 0.29) is 11.6 Å². The van der Waals surface area contributed by atoms with E-state index in [1.54, 1.807) is 29.2 Å². The lowest BCUT2D eigenvalue weighted by Gasteiger charge is -2.20. The molecule has 0 radical (unpaired) electrons. The van der Waals surface area contributed by atoms with Crippen molar-refractivity contribution in [3.05, 3.63) is 34.7 Å². The molecule has 17 heavy (non-hydrogen) atoms. The van der Waals surface area contributed by atoms with E-state index in [9.17, 15) is 9.70 Å². The molecule has 4 heteroatoms. The molecule has 1 amide bonds. The Morgan fingerprint density at radius 2 is 2.00 bits per heavy atom. The number of nitroso groups, excluding NO2 is 1. The summed E-state index contributed by atoms with van der Waals surface area (Å²) in [6, 6.07) is 6.66. The molecule has 0 bridgehead atoms. The van der Waals surface area contributed by atoms with Gasteiger partial charge in [-0.3, -0.25) is 4.79 Å². The van der Waals surface area contributed by atoms with Crippen molar-refractivity contribution >= 4 is 11.6 Å². The molecule has 0 heterocycles. The Balaban J connectivity index is 2.89. The maximum absolute atomic E-state index is 12.2. The highest BCUT2D eigenvalue weighted by atomic mass is 16.3. The lowest BCUT2D eigenvalue weighted by molar-refractivity contribution is 0.0763. The van der Waals surface area contributed by atoms with Gasteiger partial charge in [0.2, 0.25) is 0 Å².